The van der Waals surface area contributed by atoms with E-state index in [0.717, 1.165) is 21.4 Å². The predicted molar refractivity (Wildman–Crippen MR) is 109 cm³/mol. The molecule has 28 heavy (non-hydrogen) atoms. The van der Waals surface area contributed by atoms with Crippen molar-refractivity contribution < 1.29 is 9.18 Å². The zero-order valence-corrected chi connectivity index (χ0v) is 16.4. The van der Waals surface area contributed by atoms with Crippen LogP contribution >= 0.6 is 15.9 Å². The lowest BCUT2D eigenvalue weighted by atomic mass is 10.1. The van der Waals surface area contributed by atoms with E-state index >= 15 is 0 Å². The topological polar surface area (TPSA) is 59.8 Å². The first-order chi connectivity index (χ1) is 13.6. The average molecular weight is 439 g/mol. The van der Waals surface area contributed by atoms with Crippen LogP contribution in [0.4, 0.5) is 4.39 Å². The maximum absolute atomic E-state index is 13.0. The first-order valence-corrected chi connectivity index (χ1v) is 9.51. The van der Waals surface area contributed by atoms with Crippen molar-refractivity contribution in [2.24, 2.45) is 0 Å². The number of fused-ring (bicyclic) bond motifs is 1. The van der Waals surface area contributed by atoms with Gasteiger partial charge >= 0.3 is 0 Å². The largest absolute Gasteiger partial charge is 0.350 e. The molecule has 2 aromatic carbocycles. The number of aromatic nitrogens is 3. The molecule has 0 atom stereocenters. The second-order valence-electron chi connectivity index (χ2n) is 6.29. The molecule has 5 nitrogen and oxygen atoms in total. The molecule has 0 spiro atoms. The summed E-state index contributed by atoms with van der Waals surface area (Å²) in [5.74, 6) is -0.510. The molecule has 2 aromatic heterocycles. The molecule has 140 valence electrons. The van der Waals surface area contributed by atoms with Crippen LogP contribution in [0.15, 0.2) is 71.5 Å². The second kappa shape index (κ2) is 7.90. The number of benzene rings is 2. The van der Waals surface area contributed by atoms with Crippen LogP contribution in [0.3, 0.4) is 0 Å². The highest BCUT2D eigenvalue weighted by molar-refractivity contribution is 9.10. The van der Waals surface area contributed by atoms with Gasteiger partial charge < -0.3 is 5.32 Å². The highest BCUT2D eigenvalue weighted by Gasteiger charge is 2.08. The molecule has 7 heteroatoms. The van der Waals surface area contributed by atoms with Gasteiger partial charge in [0.2, 0.25) is 0 Å². The van der Waals surface area contributed by atoms with E-state index in [9.17, 15) is 9.18 Å². The summed E-state index contributed by atoms with van der Waals surface area (Å²) < 4.78 is 15.7. The monoisotopic (exact) mass is 438 g/mol. The van der Waals surface area contributed by atoms with E-state index < -0.39 is 0 Å². The van der Waals surface area contributed by atoms with E-state index in [2.05, 4.69) is 31.3 Å². The van der Waals surface area contributed by atoms with Crippen molar-refractivity contribution >= 4 is 32.6 Å². The molecule has 4 rings (SSSR count). The van der Waals surface area contributed by atoms with Gasteiger partial charge in [-0.25, -0.2) is 4.39 Å². The fourth-order valence-corrected chi connectivity index (χ4v) is 3.27. The Hall–Kier alpha value is -3.06. The number of halogens is 2. The van der Waals surface area contributed by atoms with Crippen molar-refractivity contribution in [3.8, 4) is 11.4 Å². The zero-order valence-electron chi connectivity index (χ0n) is 14.8. The van der Waals surface area contributed by atoms with E-state index in [1.165, 1.54) is 6.07 Å². The van der Waals surface area contributed by atoms with Gasteiger partial charge in [-0.15, -0.1) is 0 Å². The van der Waals surface area contributed by atoms with Crippen molar-refractivity contribution in [1.29, 1.82) is 0 Å². The molecule has 0 aliphatic carbocycles. The van der Waals surface area contributed by atoms with Crippen LogP contribution in [-0.4, -0.2) is 27.2 Å². The summed E-state index contributed by atoms with van der Waals surface area (Å²) >= 11 is 3.45. The van der Waals surface area contributed by atoms with Crippen molar-refractivity contribution in [3.63, 3.8) is 0 Å². The molecule has 0 aliphatic heterocycles. The van der Waals surface area contributed by atoms with Gasteiger partial charge in [0.25, 0.3) is 5.91 Å². The number of carbonyl (C=O) groups excluding carboxylic acids is 1. The Labute approximate surface area is 169 Å². The van der Waals surface area contributed by atoms with Gasteiger partial charge in [-0.05, 0) is 53.2 Å². The van der Waals surface area contributed by atoms with Crippen LogP contribution in [0.1, 0.15) is 10.4 Å². The molecule has 0 bridgehead atoms. The number of nitrogens with one attached hydrogen (secondary N) is 1. The van der Waals surface area contributed by atoms with Crippen LogP contribution < -0.4 is 5.32 Å². The fourth-order valence-electron chi connectivity index (χ4n) is 2.89. The highest BCUT2D eigenvalue weighted by Crippen LogP contribution is 2.21. The molecule has 0 unspecified atom stereocenters. The fraction of sp³-hybridized carbons (Fsp3) is 0.0952. The van der Waals surface area contributed by atoms with Gasteiger partial charge in [-0.2, -0.15) is 5.10 Å². The normalized spacial score (nSPS) is 10.9. The zero-order chi connectivity index (χ0) is 19.5. The van der Waals surface area contributed by atoms with Crippen LogP contribution in [0.2, 0.25) is 0 Å². The first kappa shape index (κ1) is 18.3. The average Bonchev–Trinajstić information content (AvgIpc) is 3.17. The van der Waals surface area contributed by atoms with E-state index in [1.807, 2.05) is 42.5 Å². The predicted octanol–water partition coefficient (Wildman–Crippen LogP) is 4.43. The third-order valence-corrected chi connectivity index (χ3v) is 4.81. The summed E-state index contributed by atoms with van der Waals surface area (Å²) in [5, 5.41) is 9.40. The Morgan fingerprint density at radius 1 is 1.04 bits per heavy atom. The number of amides is 1. The number of rotatable bonds is 5. The SMILES string of the molecule is O=C(NCCn1ccc(-c2ccc(F)cn2)n1)c1ccc2cc(Br)ccc2c1. The van der Waals surface area contributed by atoms with Crippen molar-refractivity contribution in [3.05, 3.63) is 82.8 Å². The van der Waals surface area contributed by atoms with Gasteiger partial charge in [0.05, 0.1) is 18.4 Å². The van der Waals surface area contributed by atoms with E-state index in [0.29, 0.717) is 30.0 Å². The molecule has 1 N–H and O–H groups in total. The lowest BCUT2D eigenvalue weighted by Gasteiger charge is -2.07. The lowest BCUT2D eigenvalue weighted by molar-refractivity contribution is 0.0952. The van der Waals surface area contributed by atoms with Crippen molar-refractivity contribution in [1.82, 2.24) is 20.1 Å². The summed E-state index contributed by atoms with van der Waals surface area (Å²) in [5.41, 5.74) is 1.88. The molecule has 4 aromatic rings. The number of hydrogen-bond donors (Lipinski definition) is 1. The molecule has 0 radical (unpaired) electrons. The Morgan fingerprint density at radius 3 is 2.68 bits per heavy atom. The van der Waals surface area contributed by atoms with Gasteiger partial charge in [-0.1, -0.05) is 28.1 Å². The maximum atomic E-state index is 13.0. The highest BCUT2D eigenvalue weighted by atomic mass is 79.9. The first-order valence-electron chi connectivity index (χ1n) is 8.71. The van der Waals surface area contributed by atoms with Gasteiger partial charge in [0.1, 0.15) is 11.5 Å². The van der Waals surface area contributed by atoms with Crippen LogP contribution in [-0.2, 0) is 6.54 Å². The molecule has 0 aliphatic rings. The standard InChI is InChI=1S/C21H16BrFN4O/c22-17-4-3-14-11-16(2-1-15(14)12-17)21(28)24-8-10-27-9-7-20(26-27)19-6-5-18(23)13-25-19/h1-7,9,11-13H,8,10H2,(H,24,28). The van der Waals surface area contributed by atoms with Gasteiger partial charge in [-0.3, -0.25) is 14.5 Å². The smallest absolute Gasteiger partial charge is 0.251 e. The molecule has 0 saturated carbocycles. The quantitative estimate of drug-likeness (QED) is 0.501. The van der Waals surface area contributed by atoms with Gasteiger partial charge in [0.15, 0.2) is 0 Å². The number of nitrogens with zero attached hydrogens (tertiary/aromatic N) is 3. The van der Waals surface area contributed by atoms with Gasteiger partial charge in [0, 0.05) is 22.8 Å². The van der Waals surface area contributed by atoms with Crippen LogP contribution in [0, 0.1) is 5.82 Å². The maximum Gasteiger partial charge on any atom is 0.251 e. The molecular formula is C21H16BrFN4O. The summed E-state index contributed by atoms with van der Waals surface area (Å²) in [6.45, 7) is 0.961. The third-order valence-electron chi connectivity index (χ3n) is 4.32. The van der Waals surface area contributed by atoms with Crippen LogP contribution in [0.25, 0.3) is 22.2 Å². The minimum atomic E-state index is -0.382. The van der Waals surface area contributed by atoms with E-state index in [1.54, 1.807) is 16.9 Å². The lowest BCUT2D eigenvalue weighted by Crippen LogP contribution is -2.27. The molecule has 1 amide bonds. The molecule has 2 heterocycles. The Morgan fingerprint density at radius 2 is 1.86 bits per heavy atom. The van der Waals surface area contributed by atoms with Crippen molar-refractivity contribution in [2.45, 2.75) is 6.54 Å². The second-order valence-corrected chi connectivity index (χ2v) is 7.20. The number of hydrogen-bond acceptors (Lipinski definition) is 3. The van der Waals surface area contributed by atoms with E-state index in [-0.39, 0.29) is 11.7 Å². The molecule has 0 fully saturated rings. The number of pyridine rings is 1. The molecule has 0 saturated heterocycles. The van der Waals surface area contributed by atoms with Crippen LogP contribution in [0.5, 0.6) is 0 Å². The van der Waals surface area contributed by atoms with Crippen molar-refractivity contribution in [2.75, 3.05) is 6.54 Å². The number of carbonyl (C=O) groups is 1. The Kier molecular flexibility index (Phi) is 5.16. The minimum absolute atomic E-state index is 0.127. The minimum Gasteiger partial charge on any atom is -0.350 e. The third kappa shape index (κ3) is 4.09. The summed E-state index contributed by atoms with van der Waals surface area (Å²) in [6, 6.07) is 16.3. The Bertz CT molecular complexity index is 1140. The summed E-state index contributed by atoms with van der Waals surface area (Å²) in [7, 11) is 0. The summed E-state index contributed by atoms with van der Waals surface area (Å²) in [4.78, 5) is 16.4. The molecular weight excluding hydrogens is 423 g/mol. The van der Waals surface area contributed by atoms with E-state index in [4.69, 9.17) is 0 Å². The summed E-state index contributed by atoms with van der Waals surface area (Å²) in [6.07, 6.45) is 2.97. The Balaban J connectivity index is 1.37.